The maximum absolute atomic E-state index is 9.96. The highest BCUT2D eigenvalue weighted by molar-refractivity contribution is 6.25. The molecule has 47 heavy (non-hydrogen) atoms. The highest BCUT2D eigenvalue weighted by Crippen LogP contribution is 2.51. The molecule has 8 aromatic carbocycles. The molecule has 0 saturated heterocycles. The molecule has 220 valence electrons. The van der Waals surface area contributed by atoms with Gasteiger partial charge in [0.1, 0.15) is 11.3 Å². The molecular weight excluding hydrogens is 569 g/mol. The lowest BCUT2D eigenvalue weighted by atomic mass is 9.84. The van der Waals surface area contributed by atoms with Crippen molar-refractivity contribution < 1.29 is 38.7 Å². The van der Waals surface area contributed by atoms with Crippen LogP contribution in [-0.2, 0) is 0 Å². The van der Waals surface area contributed by atoms with Crippen molar-refractivity contribution in [2.45, 2.75) is 0 Å². The topological polar surface area (TPSA) is 13.1 Å². The molecule has 0 unspecified atom stereocenters. The van der Waals surface area contributed by atoms with E-state index >= 15 is 0 Å². The molecule has 1 aromatic heterocycles. The molecular formula is C46H30O. The lowest BCUT2D eigenvalue weighted by Gasteiger charge is -2.18. The van der Waals surface area contributed by atoms with Gasteiger partial charge >= 0.3 is 0 Å². The highest BCUT2D eigenvalue weighted by Gasteiger charge is 2.25. The molecule has 9 aromatic rings. The fourth-order valence-corrected chi connectivity index (χ4v) is 5.64. The summed E-state index contributed by atoms with van der Waals surface area (Å²) in [7, 11) is 0. The molecule has 0 saturated carbocycles. The Labute approximate surface area is 309 Å². The van der Waals surface area contributed by atoms with Gasteiger partial charge in [-0.25, -0.2) is 0 Å². The molecule has 0 bridgehead atoms. The third-order valence-electron chi connectivity index (χ3n) is 7.56. The Morgan fingerprint density at radius 3 is 1.53 bits per heavy atom. The quantitative estimate of drug-likeness (QED) is 0.174. The van der Waals surface area contributed by atoms with E-state index in [-0.39, 0.29) is 21.9 Å². The molecule has 9 rings (SSSR count). The van der Waals surface area contributed by atoms with E-state index in [9.17, 15) is 12.3 Å². The summed E-state index contributed by atoms with van der Waals surface area (Å²) in [5, 5.41) is -2.57. The van der Waals surface area contributed by atoms with E-state index in [1.165, 1.54) is 12.1 Å². The molecule has 0 radical (unpaired) electrons. The number of benzene rings is 8. The van der Waals surface area contributed by atoms with Gasteiger partial charge in [-0.05, 0) is 67.0 Å². The first-order valence-corrected chi connectivity index (χ1v) is 14.1. The van der Waals surface area contributed by atoms with Crippen LogP contribution in [-0.4, -0.2) is 0 Å². The Balaban J connectivity index is 1.71. The van der Waals surface area contributed by atoms with Crippen LogP contribution in [0.2, 0.25) is 0 Å². The van der Waals surface area contributed by atoms with Crippen LogP contribution in [0.3, 0.4) is 0 Å². The highest BCUT2D eigenvalue weighted by atomic mass is 16.3. The minimum absolute atomic E-state index is 0.139. The van der Waals surface area contributed by atoms with Gasteiger partial charge in [0.05, 0.1) is 34.3 Å². The fraction of sp³-hybridized carbons (Fsp3) is 0. The van der Waals surface area contributed by atoms with Crippen molar-refractivity contribution in [3.63, 3.8) is 0 Å². The number of furan rings is 1. The van der Waals surface area contributed by atoms with Crippen LogP contribution in [0.1, 0.15) is 34.3 Å². The predicted octanol–water partition coefficient (Wildman–Crippen LogP) is 13.1. The second-order valence-electron chi connectivity index (χ2n) is 10.1. The van der Waals surface area contributed by atoms with Gasteiger partial charge in [0.25, 0.3) is 0 Å². The van der Waals surface area contributed by atoms with Crippen molar-refractivity contribution in [1.29, 1.82) is 0 Å². The van der Waals surface area contributed by atoms with Gasteiger partial charge in [0.15, 0.2) is 0 Å². The first kappa shape index (κ1) is 11.9. The lowest BCUT2D eigenvalue weighted by Crippen LogP contribution is -1.92. The number of hydrogen-bond acceptors (Lipinski definition) is 1. The van der Waals surface area contributed by atoms with Crippen LogP contribution in [0.5, 0.6) is 0 Å². The third-order valence-corrected chi connectivity index (χ3v) is 7.56. The van der Waals surface area contributed by atoms with Crippen molar-refractivity contribution >= 4 is 32.5 Å². The van der Waals surface area contributed by atoms with Gasteiger partial charge in [-0.15, -0.1) is 0 Å². The summed E-state index contributed by atoms with van der Waals surface area (Å²) in [5.41, 5.74) is -6.17. The standard InChI is InChI=1S/C46H30O/c1-4-16-31(17-5-1)34-28-29-42-41(30-34)45(46(47-42)40-27-15-10-22-35(40)32-18-6-2-7-19-32)44-38-25-13-11-23-36(38)43(33-20-8-3-9-21-33)37-24-12-14-26-39(37)44/h1-30H/i1D,2D,4D,5D,6D,7D,10D,11D,12D,13D,14D,15D,16D,17D,18D,19D,22D,23D,24D,25D,26D,27D,28D,29D,30D. The first-order chi connectivity index (χ1) is 33.7. The molecule has 0 spiro atoms. The Morgan fingerprint density at radius 1 is 0.362 bits per heavy atom. The first-order valence-electron chi connectivity index (χ1n) is 26.6. The fourth-order valence-electron chi connectivity index (χ4n) is 5.64. The molecule has 0 amide bonds. The largest absolute Gasteiger partial charge is 0.455 e. The summed E-state index contributed by atoms with van der Waals surface area (Å²) in [5.74, 6) is -0.895. The Bertz CT molecular complexity index is 3840. The van der Waals surface area contributed by atoms with E-state index < -0.39 is 218 Å². The second-order valence-corrected chi connectivity index (χ2v) is 10.1. The molecule has 1 heterocycles. The van der Waals surface area contributed by atoms with Gasteiger partial charge in [-0.1, -0.05) is 169 Å². The number of rotatable bonds is 5. The number of fused-ring (bicyclic) bond motifs is 3. The minimum atomic E-state index is -1.05. The van der Waals surface area contributed by atoms with Gasteiger partial charge < -0.3 is 4.42 Å². The van der Waals surface area contributed by atoms with Gasteiger partial charge in [-0.2, -0.15) is 0 Å². The van der Waals surface area contributed by atoms with E-state index in [1.54, 1.807) is 18.2 Å². The minimum Gasteiger partial charge on any atom is -0.455 e. The van der Waals surface area contributed by atoms with Crippen molar-refractivity contribution in [3.8, 4) is 55.8 Å². The maximum Gasteiger partial charge on any atom is 0.143 e. The molecule has 0 N–H and O–H groups in total. The average molecular weight is 624 g/mol. The molecule has 0 aliphatic heterocycles. The predicted molar refractivity (Wildman–Crippen MR) is 198 cm³/mol. The lowest BCUT2D eigenvalue weighted by molar-refractivity contribution is 0.633. The zero-order valence-corrected chi connectivity index (χ0v) is 23.8. The van der Waals surface area contributed by atoms with Crippen LogP contribution in [0.15, 0.2) is 186 Å². The Hall–Kier alpha value is -6.18. The second kappa shape index (κ2) is 11.3. The zero-order valence-electron chi connectivity index (χ0n) is 48.8. The number of hydrogen-bond donors (Lipinski definition) is 0. The van der Waals surface area contributed by atoms with E-state index in [4.69, 9.17) is 26.3 Å². The van der Waals surface area contributed by atoms with Crippen molar-refractivity contribution in [1.82, 2.24) is 0 Å². The summed E-state index contributed by atoms with van der Waals surface area (Å²) < 4.78 is 232. The third kappa shape index (κ3) is 4.56. The van der Waals surface area contributed by atoms with E-state index in [2.05, 4.69) is 0 Å². The van der Waals surface area contributed by atoms with Crippen LogP contribution >= 0.6 is 0 Å². The smallest absolute Gasteiger partial charge is 0.143 e. The molecule has 1 heteroatoms. The average Bonchev–Trinajstić information content (AvgIpc) is 3.76. The Morgan fingerprint density at radius 2 is 0.894 bits per heavy atom. The van der Waals surface area contributed by atoms with Crippen molar-refractivity contribution in [2.24, 2.45) is 0 Å². The van der Waals surface area contributed by atoms with E-state index in [0.717, 1.165) is 0 Å². The summed E-state index contributed by atoms with van der Waals surface area (Å²) in [4.78, 5) is 0. The van der Waals surface area contributed by atoms with Gasteiger partial charge in [0, 0.05) is 22.1 Å². The van der Waals surface area contributed by atoms with Crippen molar-refractivity contribution in [2.75, 3.05) is 0 Å². The molecule has 1 nitrogen and oxygen atoms in total. The molecule has 0 aliphatic rings. The summed E-state index contributed by atoms with van der Waals surface area (Å²) in [6.07, 6.45) is 0. The Kier molecular flexibility index (Phi) is 2.86. The van der Waals surface area contributed by atoms with Gasteiger partial charge in [-0.3, -0.25) is 0 Å². The monoisotopic (exact) mass is 623 g/mol. The molecule has 0 fully saturated rings. The van der Waals surface area contributed by atoms with Crippen LogP contribution in [0, 0.1) is 0 Å². The zero-order chi connectivity index (χ0) is 52.9. The van der Waals surface area contributed by atoms with E-state index in [0.29, 0.717) is 0 Å². The summed E-state index contributed by atoms with van der Waals surface area (Å²) >= 11 is 0. The van der Waals surface area contributed by atoms with Gasteiger partial charge in [0.2, 0.25) is 0 Å². The van der Waals surface area contributed by atoms with Crippen molar-refractivity contribution in [3.05, 3.63) is 181 Å². The SMILES string of the molecule is [2H]c1c([2H])c([2H])c(-c2c([2H])c([2H])c([2H])c([2H])c2-c2oc3c([2H])c([2H])c(-c4c([2H])c([2H])c([2H])c([2H])c4[2H])c([2H])c3c2-c2c3c([2H])c([2H])c([2H])c([2H])c3c(-c3ccccc3)c3c([2H])c([2H])c([2H])c([2H])c23)c([2H])c1[2H]. The normalized spacial score (nSPS) is 18.9. The van der Waals surface area contributed by atoms with Crippen LogP contribution in [0.4, 0.5) is 0 Å². The molecule has 0 aliphatic carbocycles. The summed E-state index contributed by atoms with van der Waals surface area (Å²) in [6, 6.07) is -15.2. The molecule has 0 atom stereocenters. The maximum atomic E-state index is 9.96. The van der Waals surface area contributed by atoms with E-state index in [1.807, 2.05) is 0 Å². The van der Waals surface area contributed by atoms with Crippen LogP contribution in [0.25, 0.3) is 88.3 Å². The summed E-state index contributed by atoms with van der Waals surface area (Å²) in [6.45, 7) is 0. The van der Waals surface area contributed by atoms with Crippen LogP contribution < -0.4 is 0 Å².